The minimum Gasteiger partial charge on any atom is -0.384 e. The summed E-state index contributed by atoms with van der Waals surface area (Å²) in [7, 11) is 1.79. The first kappa shape index (κ1) is 15.5. The molecule has 4 nitrogen and oxygen atoms in total. The summed E-state index contributed by atoms with van der Waals surface area (Å²) in [6.07, 6.45) is 0.893. The van der Waals surface area contributed by atoms with Gasteiger partial charge in [0.2, 0.25) is 5.91 Å². The molecular weight excluding hydrogens is 271 g/mol. The van der Waals surface area contributed by atoms with Crippen molar-refractivity contribution in [2.75, 3.05) is 33.3 Å². The molecule has 0 atom stereocenters. The van der Waals surface area contributed by atoms with Gasteiger partial charge >= 0.3 is 0 Å². The van der Waals surface area contributed by atoms with Crippen LogP contribution in [0.3, 0.4) is 0 Å². The normalized spacial score (nSPS) is 16.3. The minimum atomic E-state index is -0.329. The zero-order valence-corrected chi connectivity index (χ0v) is 12.1. The highest BCUT2D eigenvalue weighted by atomic mass is 19.1. The standard InChI is InChI=1S/C16H19FN2O2/c1-18-7-3-8-19(12-16(18)21)11-14-6-5-13(4-2-9-20)10-15(14)17/h5-6,10,20H,3,7-9,11-12H2,1H3. The number of hydrogen-bond donors (Lipinski definition) is 1. The number of hydrogen-bond acceptors (Lipinski definition) is 3. The van der Waals surface area contributed by atoms with Crippen LogP contribution in [0.1, 0.15) is 17.5 Å². The summed E-state index contributed by atoms with van der Waals surface area (Å²) in [5, 5.41) is 8.63. The number of likely N-dealkylation sites (N-methyl/N-ethyl adjacent to an activating group) is 1. The molecule has 1 aromatic rings. The van der Waals surface area contributed by atoms with E-state index in [1.165, 1.54) is 6.07 Å². The van der Waals surface area contributed by atoms with E-state index in [0.29, 0.717) is 24.2 Å². The molecule has 0 spiro atoms. The molecule has 1 fully saturated rings. The highest BCUT2D eigenvalue weighted by Crippen LogP contribution is 2.14. The molecule has 0 bridgehead atoms. The van der Waals surface area contributed by atoms with E-state index < -0.39 is 0 Å². The van der Waals surface area contributed by atoms with Gasteiger partial charge in [0.1, 0.15) is 12.4 Å². The lowest BCUT2D eigenvalue weighted by Gasteiger charge is -2.19. The first-order chi connectivity index (χ1) is 10.1. The fourth-order valence-electron chi connectivity index (χ4n) is 2.32. The third-order valence-electron chi connectivity index (χ3n) is 3.51. The van der Waals surface area contributed by atoms with Gasteiger partial charge in [0.05, 0.1) is 6.54 Å². The number of aliphatic hydroxyl groups excluding tert-OH is 1. The Labute approximate surface area is 124 Å². The lowest BCUT2D eigenvalue weighted by atomic mass is 10.1. The third-order valence-corrected chi connectivity index (χ3v) is 3.51. The largest absolute Gasteiger partial charge is 0.384 e. The Bertz CT molecular complexity index is 577. The number of halogens is 1. The van der Waals surface area contributed by atoms with Crippen LogP contribution in [0.15, 0.2) is 18.2 Å². The van der Waals surface area contributed by atoms with Crippen molar-refractivity contribution in [3.63, 3.8) is 0 Å². The van der Waals surface area contributed by atoms with Gasteiger partial charge in [0.15, 0.2) is 0 Å². The Balaban J connectivity index is 2.07. The molecular formula is C16H19FN2O2. The maximum Gasteiger partial charge on any atom is 0.236 e. The van der Waals surface area contributed by atoms with E-state index >= 15 is 0 Å². The molecule has 1 N–H and O–H groups in total. The Morgan fingerprint density at radius 2 is 2.19 bits per heavy atom. The molecule has 0 aromatic heterocycles. The Hall–Kier alpha value is -1.90. The minimum absolute atomic E-state index is 0.0679. The lowest BCUT2D eigenvalue weighted by Crippen LogP contribution is -2.34. The predicted molar refractivity (Wildman–Crippen MR) is 77.9 cm³/mol. The summed E-state index contributed by atoms with van der Waals surface area (Å²) in [4.78, 5) is 15.5. The number of benzene rings is 1. The van der Waals surface area contributed by atoms with Gasteiger partial charge in [0, 0.05) is 37.8 Å². The highest BCUT2D eigenvalue weighted by molar-refractivity contribution is 5.78. The van der Waals surface area contributed by atoms with Crippen LogP contribution < -0.4 is 0 Å². The topological polar surface area (TPSA) is 43.8 Å². The van der Waals surface area contributed by atoms with Crippen LogP contribution in [0.5, 0.6) is 0 Å². The molecule has 0 radical (unpaired) electrons. The summed E-state index contributed by atoms with van der Waals surface area (Å²) >= 11 is 0. The van der Waals surface area contributed by atoms with Crippen LogP contribution >= 0.6 is 0 Å². The number of aliphatic hydroxyl groups is 1. The third kappa shape index (κ3) is 4.28. The average molecular weight is 290 g/mol. The Morgan fingerprint density at radius 1 is 1.38 bits per heavy atom. The second kappa shape index (κ2) is 7.21. The van der Waals surface area contributed by atoms with Crippen molar-refractivity contribution in [1.82, 2.24) is 9.80 Å². The van der Waals surface area contributed by atoms with Gasteiger partial charge in [-0.05, 0) is 18.6 Å². The van der Waals surface area contributed by atoms with E-state index in [1.807, 2.05) is 4.90 Å². The first-order valence-corrected chi connectivity index (χ1v) is 6.94. The van der Waals surface area contributed by atoms with E-state index in [0.717, 1.165) is 19.5 Å². The molecule has 1 aliphatic rings. The van der Waals surface area contributed by atoms with Crippen LogP contribution in [0.2, 0.25) is 0 Å². The molecule has 21 heavy (non-hydrogen) atoms. The van der Waals surface area contributed by atoms with Gasteiger partial charge < -0.3 is 10.0 Å². The van der Waals surface area contributed by atoms with Crippen LogP contribution in [-0.4, -0.2) is 54.1 Å². The van der Waals surface area contributed by atoms with E-state index in [1.54, 1.807) is 24.1 Å². The number of amides is 1. The van der Waals surface area contributed by atoms with Crippen LogP contribution in [0.4, 0.5) is 4.39 Å². The molecule has 1 heterocycles. The van der Waals surface area contributed by atoms with E-state index in [-0.39, 0.29) is 18.3 Å². The van der Waals surface area contributed by atoms with Gasteiger partial charge in [-0.2, -0.15) is 0 Å². The average Bonchev–Trinajstić information content (AvgIpc) is 2.61. The van der Waals surface area contributed by atoms with Crippen LogP contribution in [0, 0.1) is 17.7 Å². The quantitative estimate of drug-likeness (QED) is 0.821. The van der Waals surface area contributed by atoms with Crippen molar-refractivity contribution in [2.45, 2.75) is 13.0 Å². The fourth-order valence-corrected chi connectivity index (χ4v) is 2.32. The Kier molecular flexibility index (Phi) is 5.32. The molecule has 0 saturated carbocycles. The first-order valence-electron chi connectivity index (χ1n) is 6.94. The van der Waals surface area contributed by atoms with Gasteiger partial charge in [0.25, 0.3) is 0 Å². The molecule has 0 unspecified atom stereocenters. The summed E-state index contributed by atoms with van der Waals surface area (Å²) < 4.78 is 14.1. The monoisotopic (exact) mass is 290 g/mol. The maximum atomic E-state index is 14.1. The molecule has 1 aromatic carbocycles. The number of rotatable bonds is 2. The van der Waals surface area contributed by atoms with Crippen molar-refractivity contribution in [1.29, 1.82) is 0 Å². The van der Waals surface area contributed by atoms with Crippen LogP contribution in [-0.2, 0) is 11.3 Å². The van der Waals surface area contributed by atoms with Crippen LogP contribution in [0.25, 0.3) is 0 Å². The number of nitrogens with zero attached hydrogens (tertiary/aromatic N) is 2. The van der Waals surface area contributed by atoms with E-state index in [9.17, 15) is 9.18 Å². The second-order valence-corrected chi connectivity index (χ2v) is 5.15. The smallest absolute Gasteiger partial charge is 0.236 e. The molecule has 1 amide bonds. The van der Waals surface area contributed by atoms with Crippen molar-refractivity contribution in [3.05, 3.63) is 35.1 Å². The molecule has 1 aliphatic heterocycles. The molecule has 5 heteroatoms. The van der Waals surface area contributed by atoms with Gasteiger partial charge in [-0.15, -0.1) is 0 Å². The Morgan fingerprint density at radius 3 is 2.90 bits per heavy atom. The molecule has 2 rings (SSSR count). The number of carbonyl (C=O) groups excluding carboxylic acids is 1. The van der Waals surface area contributed by atoms with Crippen molar-refractivity contribution < 1.29 is 14.3 Å². The van der Waals surface area contributed by atoms with Crippen molar-refractivity contribution >= 4 is 5.91 Å². The maximum absolute atomic E-state index is 14.1. The SMILES string of the molecule is CN1CCCN(Cc2ccc(C#CCO)cc2F)CC1=O. The van der Waals surface area contributed by atoms with E-state index in [2.05, 4.69) is 11.8 Å². The predicted octanol–water partition coefficient (Wildman–Crippen LogP) is 0.834. The van der Waals surface area contributed by atoms with Gasteiger partial charge in [-0.25, -0.2) is 4.39 Å². The van der Waals surface area contributed by atoms with Gasteiger partial charge in [-0.1, -0.05) is 17.9 Å². The van der Waals surface area contributed by atoms with Gasteiger partial charge in [-0.3, -0.25) is 9.69 Å². The summed E-state index contributed by atoms with van der Waals surface area (Å²) in [5.41, 5.74) is 1.10. The number of carbonyl (C=O) groups is 1. The lowest BCUT2D eigenvalue weighted by molar-refractivity contribution is -0.130. The second-order valence-electron chi connectivity index (χ2n) is 5.15. The summed E-state index contributed by atoms with van der Waals surface area (Å²) in [5.74, 6) is 4.90. The molecule has 1 saturated heterocycles. The highest BCUT2D eigenvalue weighted by Gasteiger charge is 2.19. The summed E-state index contributed by atoms with van der Waals surface area (Å²) in [6, 6.07) is 4.78. The van der Waals surface area contributed by atoms with E-state index in [4.69, 9.17) is 5.11 Å². The zero-order chi connectivity index (χ0) is 15.2. The summed E-state index contributed by atoms with van der Waals surface area (Å²) in [6.45, 7) is 2.02. The molecule has 112 valence electrons. The van der Waals surface area contributed by atoms with Crippen molar-refractivity contribution in [2.24, 2.45) is 0 Å². The molecule has 0 aliphatic carbocycles. The fraction of sp³-hybridized carbons (Fsp3) is 0.438. The zero-order valence-electron chi connectivity index (χ0n) is 12.1. The van der Waals surface area contributed by atoms with Crippen molar-refractivity contribution in [3.8, 4) is 11.8 Å².